The number of fused-ring (bicyclic) bond motifs is 1. The molecule has 8 heteroatoms. The summed E-state index contributed by atoms with van der Waals surface area (Å²) < 4.78 is 35.2. The first-order chi connectivity index (χ1) is 11.3. The number of methoxy groups -OCH3 is 1. The standard InChI is InChI=1S/C16H17NO6S/c1-23-16(19)14(10-24(20,21)22)17-15(18)9-11-6-7-12-4-2-3-5-13(12)8-11/h2-8,14H,9-10H2,1H3,(H,17,18)(H,20,21,22)/t14-/m0/s1. The first kappa shape index (κ1) is 17.9. The molecule has 2 rings (SSSR count). The van der Waals surface area contributed by atoms with Gasteiger partial charge in [0.2, 0.25) is 5.91 Å². The van der Waals surface area contributed by atoms with Gasteiger partial charge in [-0.1, -0.05) is 42.5 Å². The van der Waals surface area contributed by atoms with Gasteiger partial charge >= 0.3 is 5.97 Å². The topological polar surface area (TPSA) is 110 Å². The molecule has 0 saturated carbocycles. The van der Waals surface area contributed by atoms with Crippen molar-refractivity contribution in [1.82, 2.24) is 5.32 Å². The maximum atomic E-state index is 12.1. The van der Waals surface area contributed by atoms with Crippen molar-refractivity contribution >= 4 is 32.8 Å². The molecule has 0 spiro atoms. The summed E-state index contributed by atoms with van der Waals surface area (Å²) >= 11 is 0. The van der Waals surface area contributed by atoms with E-state index in [4.69, 9.17) is 4.55 Å². The highest BCUT2D eigenvalue weighted by molar-refractivity contribution is 7.85. The number of hydrogen-bond acceptors (Lipinski definition) is 5. The van der Waals surface area contributed by atoms with Crippen molar-refractivity contribution < 1.29 is 27.3 Å². The van der Waals surface area contributed by atoms with Crippen LogP contribution >= 0.6 is 0 Å². The molecule has 0 fully saturated rings. The summed E-state index contributed by atoms with van der Waals surface area (Å²) in [6.07, 6.45) is -0.0379. The molecule has 1 amide bonds. The Morgan fingerprint density at radius 1 is 1.17 bits per heavy atom. The quantitative estimate of drug-likeness (QED) is 0.592. The van der Waals surface area contributed by atoms with Gasteiger partial charge in [-0.25, -0.2) is 4.79 Å². The molecule has 128 valence electrons. The molecule has 24 heavy (non-hydrogen) atoms. The third kappa shape index (κ3) is 5.04. The van der Waals surface area contributed by atoms with E-state index in [0.29, 0.717) is 5.56 Å². The molecule has 0 aliphatic rings. The first-order valence-corrected chi connectivity index (χ1v) is 8.69. The smallest absolute Gasteiger partial charge is 0.329 e. The van der Waals surface area contributed by atoms with Gasteiger partial charge in [-0.2, -0.15) is 8.42 Å². The normalized spacial score (nSPS) is 12.6. The van der Waals surface area contributed by atoms with Crippen LogP contribution in [0.2, 0.25) is 0 Å². The molecule has 2 aromatic carbocycles. The number of esters is 1. The average molecular weight is 351 g/mol. The molecule has 2 N–H and O–H groups in total. The second-order valence-corrected chi connectivity index (χ2v) is 6.75. The minimum Gasteiger partial charge on any atom is -0.467 e. The van der Waals surface area contributed by atoms with Crippen LogP contribution in [0.5, 0.6) is 0 Å². The van der Waals surface area contributed by atoms with Crippen molar-refractivity contribution in [2.24, 2.45) is 0 Å². The van der Waals surface area contributed by atoms with Crippen molar-refractivity contribution in [3.05, 3.63) is 48.0 Å². The maximum absolute atomic E-state index is 12.1. The predicted octanol–water partition coefficient (Wildman–Crippen LogP) is 0.928. The van der Waals surface area contributed by atoms with Crippen LogP contribution in [0.15, 0.2) is 42.5 Å². The summed E-state index contributed by atoms with van der Waals surface area (Å²) in [5.74, 6) is -2.44. The summed E-state index contributed by atoms with van der Waals surface area (Å²) in [6.45, 7) is 0. The summed E-state index contributed by atoms with van der Waals surface area (Å²) in [6, 6.07) is 11.7. The lowest BCUT2D eigenvalue weighted by Crippen LogP contribution is -2.46. The lowest BCUT2D eigenvalue weighted by atomic mass is 10.0. The molecule has 0 radical (unpaired) electrons. The Morgan fingerprint density at radius 3 is 2.46 bits per heavy atom. The molecule has 0 aromatic heterocycles. The van der Waals surface area contributed by atoms with Crippen LogP contribution in [0, 0.1) is 0 Å². The van der Waals surface area contributed by atoms with Gasteiger partial charge in [0.1, 0.15) is 11.8 Å². The largest absolute Gasteiger partial charge is 0.467 e. The fourth-order valence-corrected chi connectivity index (χ4v) is 2.94. The van der Waals surface area contributed by atoms with Crippen LogP contribution in [0.3, 0.4) is 0 Å². The molecular formula is C16H17NO6S. The van der Waals surface area contributed by atoms with Gasteiger partial charge < -0.3 is 10.1 Å². The zero-order chi connectivity index (χ0) is 17.7. The molecule has 0 aliphatic heterocycles. The molecule has 0 bridgehead atoms. The van der Waals surface area contributed by atoms with E-state index in [1.807, 2.05) is 36.4 Å². The van der Waals surface area contributed by atoms with E-state index in [1.165, 1.54) is 0 Å². The fourth-order valence-electron chi connectivity index (χ4n) is 2.30. The minimum absolute atomic E-state index is 0.0379. The van der Waals surface area contributed by atoms with Gasteiger partial charge in [0, 0.05) is 0 Å². The number of carbonyl (C=O) groups excluding carboxylic acids is 2. The van der Waals surface area contributed by atoms with Crippen LogP contribution in [-0.4, -0.2) is 43.8 Å². The van der Waals surface area contributed by atoms with E-state index in [-0.39, 0.29) is 6.42 Å². The van der Waals surface area contributed by atoms with E-state index in [2.05, 4.69) is 10.1 Å². The van der Waals surface area contributed by atoms with Gasteiger partial charge in [-0.3, -0.25) is 9.35 Å². The van der Waals surface area contributed by atoms with Crippen LogP contribution in [0.25, 0.3) is 10.8 Å². The average Bonchev–Trinajstić information content (AvgIpc) is 2.52. The molecular weight excluding hydrogens is 334 g/mol. The third-order valence-electron chi connectivity index (χ3n) is 3.38. The molecule has 2 aromatic rings. The Morgan fingerprint density at radius 2 is 1.83 bits per heavy atom. The molecule has 0 saturated heterocycles. The van der Waals surface area contributed by atoms with E-state index < -0.39 is 33.8 Å². The lowest BCUT2D eigenvalue weighted by molar-refractivity contribution is -0.144. The molecule has 1 atom stereocenters. The number of hydrogen-bond donors (Lipinski definition) is 2. The Kier molecular flexibility index (Phi) is 5.53. The molecule has 0 aliphatic carbocycles. The summed E-state index contributed by atoms with van der Waals surface area (Å²) in [7, 11) is -3.38. The third-order valence-corrected chi connectivity index (χ3v) is 4.13. The number of rotatable bonds is 6. The number of carbonyl (C=O) groups is 2. The van der Waals surface area contributed by atoms with E-state index >= 15 is 0 Å². The van der Waals surface area contributed by atoms with Gasteiger partial charge in [-0.05, 0) is 16.3 Å². The Hall–Kier alpha value is -2.45. The monoisotopic (exact) mass is 351 g/mol. The van der Waals surface area contributed by atoms with Gasteiger partial charge in [0.05, 0.1) is 13.5 Å². The van der Waals surface area contributed by atoms with Crippen molar-refractivity contribution in [3.63, 3.8) is 0 Å². The van der Waals surface area contributed by atoms with Crippen molar-refractivity contribution in [2.45, 2.75) is 12.5 Å². The van der Waals surface area contributed by atoms with E-state index in [0.717, 1.165) is 17.9 Å². The molecule has 7 nitrogen and oxygen atoms in total. The van der Waals surface area contributed by atoms with Crippen LogP contribution < -0.4 is 5.32 Å². The van der Waals surface area contributed by atoms with Gasteiger partial charge in [-0.15, -0.1) is 0 Å². The van der Waals surface area contributed by atoms with Crippen molar-refractivity contribution in [1.29, 1.82) is 0 Å². The second kappa shape index (κ2) is 7.41. The van der Waals surface area contributed by atoms with Crippen molar-refractivity contribution in [2.75, 3.05) is 12.9 Å². The zero-order valence-electron chi connectivity index (χ0n) is 12.9. The summed E-state index contributed by atoms with van der Waals surface area (Å²) in [5, 5.41) is 4.26. The van der Waals surface area contributed by atoms with Crippen LogP contribution in [0.1, 0.15) is 5.56 Å². The van der Waals surface area contributed by atoms with E-state index in [9.17, 15) is 18.0 Å². The number of amides is 1. The lowest BCUT2D eigenvalue weighted by Gasteiger charge is -2.15. The molecule has 0 unspecified atom stereocenters. The second-order valence-electron chi connectivity index (χ2n) is 5.25. The summed E-state index contributed by atoms with van der Waals surface area (Å²) in [4.78, 5) is 23.6. The highest BCUT2D eigenvalue weighted by Gasteiger charge is 2.26. The maximum Gasteiger partial charge on any atom is 0.329 e. The fraction of sp³-hybridized carbons (Fsp3) is 0.250. The number of nitrogens with one attached hydrogen (secondary N) is 1. The summed E-state index contributed by atoms with van der Waals surface area (Å²) in [5.41, 5.74) is 0.710. The zero-order valence-corrected chi connectivity index (χ0v) is 13.7. The highest BCUT2D eigenvalue weighted by atomic mass is 32.2. The Balaban J connectivity index is 2.10. The molecule has 0 heterocycles. The SMILES string of the molecule is COC(=O)[C@H](CS(=O)(=O)O)NC(=O)Cc1ccc2ccccc2c1. The van der Waals surface area contributed by atoms with Gasteiger partial charge in [0.25, 0.3) is 10.1 Å². The minimum atomic E-state index is -4.44. The van der Waals surface area contributed by atoms with Gasteiger partial charge in [0.15, 0.2) is 0 Å². The van der Waals surface area contributed by atoms with Crippen molar-refractivity contribution in [3.8, 4) is 0 Å². The van der Waals surface area contributed by atoms with E-state index in [1.54, 1.807) is 6.07 Å². The Labute approximate surface area is 139 Å². The number of ether oxygens (including phenoxy) is 1. The predicted molar refractivity (Wildman–Crippen MR) is 88.0 cm³/mol. The highest BCUT2D eigenvalue weighted by Crippen LogP contribution is 2.16. The van der Waals surface area contributed by atoms with Crippen LogP contribution in [0.4, 0.5) is 0 Å². The number of benzene rings is 2. The van der Waals surface area contributed by atoms with Crippen LogP contribution in [-0.2, 0) is 30.9 Å². The first-order valence-electron chi connectivity index (χ1n) is 7.08. The Bertz CT molecular complexity index is 862.